The molecule has 3 amide bonds. The van der Waals surface area contributed by atoms with Gasteiger partial charge in [0.05, 0.1) is 87.1 Å². The second-order valence-corrected chi connectivity index (χ2v) is 16.6. The van der Waals surface area contributed by atoms with Gasteiger partial charge < -0.3 is 43.4 Å². The van der Waals surface area contributed by atoms with E-state index in [1.807, 2.05) is 38.1 Å². The summed E-state index contributed by atoms with van der Waals surface area (Å²) in [5.41, 5.74) is 7.87. The molecular weight excluding hydrogens is 847 g/mol. The van der Waals surface area contributed by atoms with E-state index in [0.29, 0.717) is 69.6 Å². The monoisotopic (exact) mass is 903 g/mol. The standard InChI is InChI=1S/C49H57N7O10/c1-32-4-13-43(47(58)51-32)56-48(59)39-12-9-37(31-40(39)49(56)60)50-17-23-62-27-29-64-28-26-61-22-16-45(57)65-38-10-5-35(6-11-38)7-15-44-52-41-30-36(46-33(2)53-66-34(46)3)8-14-42(41)55(44)19-18-54-20-24-63-25-21-54/h5-6,8-12,14,30-31,43,50H,1,4,7,13,15-29H2,2-3H3,(H,51,58). The van der Waals surface area contributed by atoms with Crippen LogP contribution >= 0.6 is 0 Å². The van der Waals surface area contributed by atoms with Crippen LogP contribution in [0, 0.1) is 13.8 Å². The fourth-order valence-corrected chi connectivity index (χ4v) is 8.53. The number of imidazole rings is 1. The molecule has 2 N–H and O–H groups in total. The number of hydrogen-bond donors (Lipinski definition) is 2. The van der Waals surface area contributed by atoms with Crippen molar-refractivity contribution in [2.24, 2.45) is 0 Å². The molecule has 0 spiro atoms. The van der Waals surface area contributed by atoms with Crippen LogP contribution in [0.1, 0.15) is 62.8 Å². The number of carbonyl (C=O) groups is 4. The van der Waals surface area contributed by atoms with E-state index in [-0.39, 0.29) is 30.1 Å². The molecule has 8 rings (SSSR count). The molecule has 66 heavy (non-hydrogen) atoms. The Hall–Kier alpha value is -6.24. The molecule has 1 unspecified atom stereocenters. The average molecular weight is 904 g/mol. The summed E-state index contributed by atoms with van der Waals surface area (Å²) in [6.45, 7) is 15.3. The summed E-state index contributed by atoms with van der Waals surface area (Å²) in [4.78, 5) is 59.7. The highest BCUT2D eigenvalue weighted by molar-refractivity contribution is 6.23. The number of allylic oxidation sites excluding steroid dienone is 1. The van der Waals surface area contributed by atoms with Crippen molar-refractivity contribution in [1.82, 2.24) is 29.8 Å². The summed E-state index contributed by atoms with van der Waals surface area (Å²) in [6, 6.07) is 18.1. The zero-order valence-electron chi connectivity index (χ0n) is 37.6. The highest BCUT2D eigenvalue weighted by Gasteiger charge is 2.44. The first-order valence-corrected chi connectivity index (χ1v) is 22.6. The molecule has 2 aromatic heterocycles. The van der Waals surface area contributed by atoms with Gasteiger partial charge in [0.2, 0.25) is 5.91 Å². The SMILES string of the molecule is C=C1CCC(N2C(=O)c3ccc(NCCOCCOCCOCCC(=O)Oc4ccc(CCc5nc6cc(-c7c(C)noc7C)ccc6n5CCN5CCOCC5)cc4)cc3C2=O)C(=O)N1. The molecule has 3 aromatic carbocycles. The number of rotatable bonds is 22. The number of fused-ring (bicyclic) bond motifs is 2. The highest BCUT2D eigenvalue weighted by Crippen LogP contribution is 2.32. The minimum atomic E-state index is -0.849. The third-order valence-electron chi connectivity index (χ3n) is 12.0. The lowest BCUT2D eigenvalue weighted by Crippen LogP contribution is -2.51. The normalized spacial score (nSPS) is 16.6. The first-order chi connectivity index (χ1) is 32.1. The number of imide groups is 1. The van der Waals surface area contributed by atoms with Crippen LogP contribution in [-0.2, 0) is 47.9 Å². The number of nitrogens with zero attached hydrogens (tertiary/aromatic N) is 5. The number of hydrogen-bond acceptors (Lipinski definition) is 14. The Labute approximate surface area is 383 Å². The number of benzene rings is 3. The van der Waals surface area contributed by atoms with Crippen LogP contribution in [0.5, 0.6) is 5.75 Å². The number of amides is 3. The first kappa shape index (κ1) is 46.3. The second kappa shape index (κ2) is 21.8. The van der Waals surface area contributed by atoms with Crippen molar-refractivity contribution in [3.8, 4) is 16.9 Å². The number of anilines is 1. The molecule has 2 fully saturated rings. The van der Waals surface area contributed by atoms with Gasteiger partial charge in [0.1, 0.15) is 23.4 Å². The Morgan fingerprint density at radius 1 is 0.864 bits per heavy atom. The Morgan fingerprint density at radius 3 is 2.35 bits per heavy atom. The first-order valence-electron chi connectivity index (χ1n) is 22.6. The number of nitrogens with one attached hydrogen (secondary N) is 2. The van der Waals surface area contributed by atoms with Crippen LogP contribution in [0.4, 0.5) is 5.69 Å². The van der Waals surface area contributed by atoms with Gasteiger partial charge in [-0.25, -0.2) is 4.98 Å². The maximum absolute atomic E-state index is 13.1. The molecule has 2 saturated heterocycles. The lowest BCUT2D eigenvalue weighted by atomic mass is 10.0. The van der Waals surface area contributed by atoms with Crippen LogP contribution in [-0.4, -0.2) is 133 Å². The zero-order chi connectivity index (χ0) is 46.0. The van der Waals surface area contributed by atoms with Crippen molar-refractivity contribution in [3.63, 3.8) is 0 Å². The van der Waals surface area contributed by atoms with E-state index in [9.17, 15) is 19.2 Å². The number of aromatic nitrogens is 3. The van der Waals surface area contributed by atoms with Crippen molar-refractivity contribution < 1.29 is 47.4 Å². The smallest absolute Gasteiger partial charge is 0.313 e. The number of ether oxygens (including phenoxy) is 5. The minimum Gasteiger partial charge on any atom is -0.426 e. The maximum atomic E-state index is 13.1. The molecule has 0 bridgehead atoms. The van der Waals surface area contributed by atoms with Gasteiger partial charge in [0, 0.05) is 56.1 Å². The van der Waals surface area contributed by atoms with Crippen molar-refractivity contribution >= 4 is 40.4 Å². The zero-order valence-corrected chi connectivity index (χ0v) is 37.6. The molecule has 1 atom stereocenters. The fourth-order valence-electron chi connectivity index (χ4n) is 8.53. The number of aryl methyl sites for hydroxylation is 4. The molecule has 17 nitrogen and oxygen atoms in total. The maximum Gasteiger partial charge on any atom is 0.313 e. The van der Waals surface area contributed by atoms with E-state index in [2.05, 4.69) is 50.0 Å². The lowest BCUT2D eigenvalue weighted by Gasteiger charge is -2.29. The third-order valence-corrected chi connectivity index (χ3v) is 12.0. The molecule has 17 heteroatoms. The molecule has 3 aliphatic rings. The molecule has 0 radical (unpaired) electrons. The van der Waals surface area contributed by atoms with E-state index in [0.717, 1.165) is 102 Å². The molecule has 0 aliphatic carbocycles. The molecule has 0 saturated carbocycles. The average Bonchev–Trinajstić information content (AvgIpc) is 3.93. The number of carbonyl (C=O) groups excluding carboxylic acids is 4. The van der Waals surface area contributed by atoms with Crippen LogP contribution in [0.2, 0.25) is 0 Å². The largest absolute Gasteiger partial charge is 0.426 e. The molecule has 348 valence electrons. The van der Waals surface area contributed by atoms with Crippen LogP contribution in [0.25, 0.3) is 22.2 Å². The van der Waals surface area contributed by atoms with Gasteiger partial charge >= 0.3 is 5.97 Å². The summed E-state index contributed by atoms with van der Waals surface area (Å²) in [7, 11) is 0. The number of piperidine rings is 1. The van der Waals surface area contributed by atoms with Gasteiger partial charge in [-0.3, -0.25) is 29.0 Å². The fraction of sp³-hybridized carbons (Fsp3) is 0.429. The summed E-state index contributed by atoms with van der Waals surface area (Å²) in [5.74, 6) is 0.578. The van der Waals surface area contributed by atoms with Crippen LogP contribution in [0.15, 0.2) is 77.5 Å². The van der Waals surface area contributed by atoms with Gasteiger partial charge in [0.15, 0.2) is 0 Å². The van der Waals surface area contributed by atoms with Crippen LogP contribution < -0.4 is 15.4 Å². The Balaban J connectivity index is 0.696. The quantitative estimate of drug-likeness (QED) is 0.0396. The molecule has 3 aliphatic heterocycles. The van der Waals surface area contributed by atoms with Gasteiger partial charge in [-0.1, -0.05) is 29.9 Å². The minimum absolute atomic E-state index is 0.109. The summed E-state index contributed by atoms with van der Waals surface area (Å²) in [5, 5.41) is 9.98. The van der Waals surface area contributed by atoms with Crippen molar-refractivity contribution in [1.29, 1.82) is 0 Å². The second-order valence-electron chi connectivity index (χ2n) is 16.6. The highest BCUT2D eigenvalue weighted by atomic mass is 16.6. The van der Waals surface area contributed by atoms with E-state index in [4.69, 9.17) is 33.2 Å². The Bertz CT molecular complexity index is 2530. The van der Waals surface area contributed by atoms with E-state index >= 15 is 0 Å². The summed E-state index contributed by atoms with van der Waals surface area (Å²) in [6.07, 6.45) is 2.49. The number of esters is 1. The van der Waals surface area contributed by atoms with E-state index < -0.39 is 23.8 Å². The molecule has 5 aromatic rings. The van der Waals surface area contributed by atoms with Gasteiger partial charge in [-0.15, -0.1) is 0 Å². The van der Waals surface area contributed by atoms with Crippen molar-refractivity contribution in [2.75, 3.05) is 84.4 Å². The van der Waals surface area contributed by atoms with Gasteiger partial charge in [0.25, 0.3) is 11.8 Å². The predicted molar refractivity (Wildman–Crippen MR) is 244 cm³/mol. The Morgan fingerprint density at radius 2 is 1.61 bits per heavy atom. The molecule has 5 heterocycles. The third kappa shape index (κ3) is 11.2. The van der Waals surface area contributed by atoms with Gasteiger partial charge in [-0.2, -0.15) is 0 Å². The van der Waals surface area contributed by atoms with Crippen molar-refractivity contribution in [3.05, 3.63) is 107 Å². The Kier molecular flexibility index (Phi) is 15.3. The molecular formula is C49H57N7O10. The van der Waals surface area contributed by atoms with Crippen molar-refractivity contribution in [2.45, 2.75) is 58.5 Å². The van der Waals surface area contributed by atoms with Gasteiger partial charge in [-0.05, 0) is 86.7 Å². The van der Waals surface area contributed by atoms with E-state index in [1.165, 1.54) is 0 Å². The van der Waals surface area contributed by atoms with Crippen LogP contribution in [0.3, 0.4) is 0 Å². The summed E-state index contributed by atoms with van der Waals surface area (Å²) >= 11 is 0. The summed E-state index contributed by atoms with van der Waals surface area (Å²) < 4.78 is 35.7. The topological polar surface area (TPSA) is 189 Å². The van der Waals surface area contributed by atoms with E-state index in [1.54, 1.807) is 18.2 Å². The predicted octanol–water partition coefficient (Wildman–Crippen LogP) is 5.27. The lowest BCUT2D eigenvalue weighted by molar-refractivity contribution is -0.135. The number of morpholine rings is 1.